The van der Waals surface area contributed by atoms with E-state index < -0.39 is 30.0 Å². The molecule has 7 nitrogen and oxygen atoms in total. The maximum absolute atomic E-state index is 12.9. The molecule has 0 aliphatic carbocycles. The average Bonchev–Trinajstić information content (AvgIpc) is 2.76. The molecule has 0 radical (unpaired) electrons. The number of nitrogens with two attached hydrogens (primary N) is 1. The predicted octanol–water partition coefficient (Wildman–Crippen LogP) is 2.54. The lowest BCUT2D eigenvalue weighted by molar-refractivity contribution is -0.129. The zero-order chi connectivity index (χ0) is 21.9. The fourth-order valence-electron chi connectivity index (χ4n) is 2.95. The molecule has 3 atom stereocenters. The Morgan fingerprint density at radius 2 is 1.50 bits per heavy atom. The van der Waals surface area contributed by atoms with Crippen LogP contribution in [-0.2, 0) is 27.4 Å². The number of hydrogen-bond acceptors (Lipinski definition) is 4. The summed E-state index contributed by atoms with van der Waals surface area (Å²) in [6.45, 7) is 3.83. The van der Waals surface area contributed by atoms with Crippen LogP contribution in [0.3, 0.4) is 0 Å². The van der Waals surface area contributed by atoms with Crippen LogP contribution in [0.25, 0.3) is 0 Å². The number of alkyl carbamates (subject to hydrolysis) is 1. The Morgan fingerprint density at radius 3 is 2.03 bits per heavy atom. The van der Waals surface area contributed by atoms with Gasteiger partial charge in [-0.15, -0.1) is 0 Å². The van der Waals surface area contributed by atoms with Gasteiger partial charge in [-0.3, -0.25) is 9.59 Å². The van der Waals surface area contributed by atoms with E-state index in [1.165, 1.54) is 0 Å². The first-order chi connectivity index (χ1) is 14.4. The van der Waals surface area contributed by atoms with E-state index >= 15 is 0 Å². The summed E-state index contributed by atoms with van der Waals surface area (Å²) in [4.78, 5) is 37.0. The van der Waals surface area contributed by atoms with Gasteiger partial charge in [0.05, 0.1) is 0 Å². The topological polar surface area (TPSA) is 111 Å². The normalized spacial score (nSPS) is 13.5. The van der Waals surface area contributed by atoms with E-state index in [2.05, 4.69) is 10.6 Å². The van der Waals surface area contributed by atoms with Crippen molar-refractivity contribution >= 4 is 17.9 Å². The molecular weight excluding hydrogens is 382 g/mol. The minimum Gasteiger partial charge on any atom is -0.445 e. The number of ether oxygens (including phenoxy) is 1. The van der Waals surface area contributed by atoms with Crippen LogP contribution in [0.1, 0.15) is 31.4 Å². The standard InChI is InChI=1S/C23H29N3O4/c1-3-16(2)20(21(24)27)26-22(28)19(14-17-10-6-4-7-11-17)25-23(29)30-15-18-12-8-5-9-13-18/h4-13,16,19-20H,3,14-15H2,1-2H3,(H2,24,27)(H,25,29)(H,26,28)/t16-,19-,20-/m1/s1. The first-order valence-corrected chi connectivity index (χ1v) is 10.0. The van der Waals surface area contributed by atoms with Crippen molar-refractivity contribution in [1.29, 1.82) is 0 Å². The van der Waals surface area contributed by atoms with Gasteiger partial charge >= 0.3 is 6.09 Å². The number of carbonyl (C=O) groups is 3. The van der Waals surface area contributed by atoms with Crippen LogP contribution in [0.15, 0.2) is 60.7 Å². The molecule has 2 aromatic carbocycles. The maximum Gasteiger partial charge on any atom is 0.408 e. The molecule has 2 aromatic rings. The van der Waals surface area contributed by atoms with Crippen LogP contribution >= 0.6 is 0 Å². The molecular formula is C23H29N3O4. The van der Waals surface area contributed by atoms with Crippen molar-refractivity contribution in [3.63, 3.8) is 0 Å². The van der Waals surface area contributed by atoms with E-state index in [-0.39, 0.29) is 18.9 Å². The number of rotatable bonds is 10. The molecule has 0 spiro atoms. The van der Waals surface area contributed by atoms with Gasteiger partial charge in [0.15, 0.2) is 0 Å². The van der Waals surface area contributed by atoms with E-state index in [0.29, 0.717) is 6.42 Å². The van der Waals surface area contributed by atoms with Gasteiger partial charge in [-0.2, -0.15) is 0 Å². The quantitative estimate of drug-likeness (QED) is 0.558. The van der Waals surface area contributed by atoms with Crippen molar-refractivity contribution in [1.82, 2.24) is 10.6 Å². The molecule has 7 heteroatoms. The molecule has 0 fully saturated rings. The SMILES string of the molecule is CC[C@@H](C)[C@@H](NC(=O)[C@@H](Cc1ccccc1)NC(=O)OCc1ccccc1)C(N)=O. The molecule has 160 valence electrons. The van der Waals surface area contributed by atoms with Gasteiger partial charge in [0.25, 0.3) is 0 Å². The smallest absolute Gasteiger partial charge is 0.408 e. The Balaban J connectivity index is 2.08. The molecule has 30 heavy (non-hydrogen) atoms. The van der Waals surface area contributed by atoms with Gasteiger partial charge in [-0.25, -0.2) is 4.79 Å². The van der Waals surface area contributed by atoms with Crippen molar-refractivity contribution in [3.8, 4) is 0 Å². The molecule has 0 saturated carbocycles. The highest BCUT2D eigenvalue weighted by atomic mass is 16.5. The maximum atomic E-state index is 12.9. The third-order valence-corrected chi connectivity index (χ3v) is 4.92. The van der Waals surface area contributed by atoms with Gasteiger partial charge in [-0.1, -0.05) is 80.9 Å². The Morgan fingerprint density at radius 1 is 0.933 bits per heavy atom. The molecule has 0 aliphatic rings. The number of amides is 3. The van der Waals surface area contributed by atoms with Gasteiger partial charge in [-0.05, 0) is 17.0 Å². The summed E-state index contributed by atoms with van der Waals surface area (Å²) >= 11 is 0. The molecule has 0 aromatic heterocycles. The van der Waals surface area contributed by atoms with Gasteiger partial charge < -0.3 is 21.1 Å². The van der Waals surface area contributed by atoms with Crippen molar-refractivity contribution in [2.24, 2.45) is 11.7 Å². The van der Waals surface area contributed by atoms with Crippen LogP contribution in [-0.4, -0.2) is 30.0 Å². The fourth-order valence-corrected chi connectivity index (χ4v) is 2.95. The van der Waals surface area contributed by atoms with Gasteiger partial charge in [0.2, 0.25) is 11.8 Å². The van der Waals surface area contributed by atoms with E-state index in [0.717, 1.165) is 11.1 Å². The zero-order valence-corrected chi connectivity index (χ0v) is 17.3. The van der Waals surface area contributed by atoms with Gasteiger partial charge in [0.1, 0.15) is 18.7 Å². The van der Waals surface area contributed by atoms with Crippen LogP contribution in [0.2, 0.25) is 0 Å². The Hall–Kier alpha value is -3.35. The fraction of sp³-hybridized carbons (Fsp3) is 0.348. The number of benzene rings is 2. The molecule has 3 amide bonds. The minimum absolute atomic E-state index is 0.0864. The Bertz CT molecular complexity index is 827. The number of hydrogen-bond donors (Lipinski definition) is 3. The summed E-state index contributed by atoms with van der Waals surface area (Å²) in [6.07, 6.45) is 0.206. The van der Waals surface area contributed by atoms with Crippen LogP contribution in [0.5, 0.6) is 0 Å². The summed E-state index contributed by atoms with van der Waals surface area (Å²) in [5.41, 5.74) is 7.16. The second-order valence-electron chi connectivity index (χ2n) is 7.22. The van der Waals surface area contributed by atoms with E-state index in [9.17, 15) is 14.4 Å². The van der Waals surface area contributed by atoms with Gasteiger partial charge in [0, 0.05) is 6.42 Å². The number of primary amides is 1. The first-order valence-electron chi connectivity index (χ1n) is 10.0. The summed E-state index contributed by atoms with van der Waals surface area (Å²) in [5, 5.41) is 5.29. The number of carbonyl (C=O) groups excluding carboxylic acids is 3. The van der Waals surface area contributed by atoms with Crippen LogP contribution in [0, 0.1) is 5.92 Å². The molecule has 0 saturated heterocycles. The van der Waals surface area contributed by atoms with Crippen molar-refractivity contribution in [2.45, 2.75) is 45.4 Å². The van der Waals surface area contributed by atoms with E-state index in [1.807, 2.05) is 74.5 Å². The highest BCUT2D eigenvalue weighted by Gasteiger charge is 2.29. The minimum atomic E-state index is -0.915. The second-order valence-corrected chi connectivity index (χ2v) is 7.22. The Kier molecular flexibility index (Phi) is 8.87. The largest absolute Gasteiger partial charge is 0.445 e. The van der Waals surface area contributed by atoms with Crippen molar-refractivity contribution in [3.05, 3.63) is 71.8 Å². The van der Waals surface area contributed by atoms with Crippen molar-refractivity contribution in [2.75, 3.05) is 0 Å². The summed E-state index contributed by atoms with van der Waals surface area (Å²) in [7, 11) is 0. The average molecular weight is 412 g/mol. The molecule has 0 unspecified atom stereocenters. The summed E-state index contributed by atoms with van der Waals surface area (Å²) in [5.74, 6) is -1.23. The molecule has 0 bridgehead atoms. The lowest BCUT2D eigenvalue weighted by atomic mass is 9.97. The molecule has 4 N–H and O–H groups in total. The predicted molar refractivity (Wildman–Crippen MR) is 114 cm³/mol. The lowest BCUT2D eigenvalue weighted by Crippen LogP contribution is -2.55. The second kappa shape index (κ2) is 11.6. The van der Waals surface area contributed by atoms with E-state index in [4.69, 9.17) is 10.5 Å². The van der Waals surface area contributed by atoms with E-state index in [1.54, 1.807) is 0 Å². The zero-order valence-electron chi connectivity index (χ0n) is 17.3. The molecule has 0 heterocycles. The van der Waals surface area contributed by atoms with Crippen molar-refractivity contribution < 1.29 is 19.1 Å². The number of nitrogens with one attached hydrogen (secondary N) is 2. The summed E-state index contributed by atoms with van der Waals surface area (Å²) < 4.78 is 5.25. The monoisotopic (exact) mass is 411 g/mol. The third kappa shape index (κ3) is 7.24. The third-order valence-electron chi connectivity index (χ3n) is 4.92. The summed E-state index contributed by atoms with van der Waals surface area (Å²) in [6, 6.07) is 16.8. The molecule has 0 aliphatic heterocycles. The Labute approximate surface area is 177 Å². The van der Waals surface area contributed by atoms with Crippen LogP contribution in [0.4, 0.5) is 4.79 Å². The van der Waals surface area contributed by atoms with Crippen LogP contribution < -0.4 is 16.4 Å². The lowest BCUT2D eigenvalue weighted by Gasteiger charge is -2.25. The first kappa shape index (κ1) is 22.9. The highest BCUT2D eigenvalue weighted by Crippen LogP contribution is 2.10. The molecule has 2 rings (SSSR count). The highest BCUT2D eigenvalue weighted by molar-refractivity contribution is 5.91.